The molecule has 7 heteroatoms. The lowest BCUT2D eigenvalue weighted by Gasteiger charge is -2.07. The number of nitrogens with one attached hydrogen (secondary N) is 1. The van der Waals surface area contributed by atoms with Crippen molar-refractivity contribution in [3.8, 4) is 0 Å². The fourth-order valence-corrected chi connectivity index (χ4v) is 2.18. The summed E-state index contributed by atoms with van der Waals surface area (Å²) in [5.41, 5.74) is 0.159. The maximum absolute atomic E-state index is 13.8. The van der Waals surface area contributed by atoms with Crippen molar-refractivity contribution >= 4 is 11.8 Å². The predicted molar refractivity (Wildman–Crippen MR) is 65.0 cm³/mol. The quantitative estimate of drug-likeness (QED) is 0.884. The lowest BCUT2D eigenvalue weighted by molar-refractivity contribution is 0.198. The number of hydrogen-bond acceptors (Lipinski definition) is 4. The molecule has 1 aromatic carbocycles. The van der Waals surface area contributed by atoms with E-state index in [1.165, 1.54) is 10.6 Å². The third kappa shape index (κ3) is 2.46. The molecule has 0 radical (unpaired) electrons. The van der Waals surface area contributed by atoms with Gasteiger partial charge >= 0.3 is 5.69 Å². The van der Waals surface area contributed by atoms with E-state index in [0.717, 1.165) is 11.8 Å². The number of hydrogen-bond donors (Lipinski definition) is 2. The van der Waals surface area contributed by atoms with Crippen LogP contribution in [-0.4, -0.2) is 19.9 Å². The zero-order chi connectivity index (χ0) is 13.3. The van der Waals surface area contributed by atoms with Crippen molar-refractivity contribution in [3.05, 3.63) is 40.1 Å². The van der Waals surface area contributed by atoms with Gasteiger partial charge in [0, 0.05) is 7.05 Å². The average Bonchev–Trinajstić information content (AvgIpc) is 2.63. The van der Waals surface area contributed by atoms with E-state index in [9.17, 15) is 14.3 Å². The van der Waals surface area contributed by atoms with Gasteiger partial charge in [-0.2, -0.15) is 0 Å². The van der Waals surface area contributed by atoms with Gasteiger partial charge in [-0.05, 0) is 36.4 Å². The number of H-pyrrole nitrogens is 1. The van der Waals surface area contributed by atoms with Gasteiger partial charge in [0.05, 0.1) is 11.0 Å². The first-order valence-corrected chi connectivity index (χ1v) is 6.07. The van der Waals surface area contributed by atoms with Crippen LogP contribution in [0.25, 0.3) is 0 Å². The van der Waals surface area contributed by atoms with Crippen molar-refractivity contribution in [3.63, 3.8) is 0 Å². The molecule has 0 aliphatic heterocycles. The summed E-state index contributed by atoms with van der Waals surface area (Å²) in [5.74, 6) is -0.450. The van der Waals surface area contributed by atoms with Crippen LogP contribution in [0, 0.1) is 5.82 Å². The van der Waals surface area contributed by atoms with Crippen LogP contribution in [0.2, 0.25) is 0 Å². The molecule has 0 aliphatic carbocycles. The Kier molecular flexibility index (Phi) is 3.53. The van der Waals surface area contributed by atoms with Gasteiger partial charge in [-0.1, -0.05) is 6.07 Å². The minimum atomic E-state index is -0.715. The Hall–Kier alpha value is -1.60. The first-order chi connectivity index (χ1) is 8.49. The predicted octanol–water partition coefficient (Wildman–Crippen LogP) is 1.45. The number of aliphatic hydroxyl groups excluding tert-OH is 1. The van der Waals surface area contributed by atoms with Crippen LogP contribution in [0.5, 0.6) is 0 Å². The lowest BCUT2D eigenvalue weighted by atomic mass is 10.1. The molecule has 1 heterocycles. The van der Waals surface area contributed by atoms with E-state index < -0.39 is 11.9 Å². The highest BCUT2D eigenvalue weighted by atomic mass is 32.2. The Bertz CT molecular complexity index is 621. The van der Waals surface area contributed by atoms with Gasteiger partial charge in [-0.25, -0.2) is 14.3 Å². The van der Waals surface area contributed by atoms with Crippen molar-refractivity contribution < 1.29 is 9.50 Å². The fraction of sp³-hybridized carbons (Fsp3) is 0.273. The molecule has 0 spiro atoms. The summed E-state index contributed by atoms with van der Waals surface area (Å²) in [5, 5.41) is 15.8. The molecule has 2 N–H and O–H groups in total. The van der Waals surface area contributed by atoms with E-state index in [4.69, 9.17) is 0 Å². The number of halogens is 1. The molecule has 0 amide bonds. The van der Waals surface area contributed by atoms with Gasteiger partial charge < -0.3 is 5.11 Å². The molecule has 2 aromatic rings. The molecule has 1 unspecified atom stereocenters. The standard InChI is InChI=1S/C11H12FN3O2S/c1-6(16)7-3-4-9(8(12)5-7)18-11-14-13-10(17)15(11)2/h3-6,16H,1-2H3,(H,13,17). The molecule has 5 nitrogen and oxygen atoms in total. The van der Waals surface area contributed by atoms with E-state index in [-0.39, 0.29) is 5.69 Å². The zero-order valence-electron chi connectivity index (χ0n) is 9.85. The summed E-state index contributed by atoms with van der Waals surface area (Å²) in [7, 11) is 1.55. The summed E-state index contributed by atoms with van der Waals surface area (Å²) < 4.78 is 15.1. The van der Waals surface area contributed by atoms with Gasteiger partial charge in [0.25, 0.3) is 0 Å². The zero-order valence-corrected chi connectivity index (χ0v) is 10.7. The summed E-state index contributed by atoms with van der Waals surface area (Å²) in [4.78, 5) is 11.5. The van der Waals surface area contributed by atoms with Crippen molar-refractivity contribution in [2.75, 3.05) is 0 Å². The summed E-state index contributed by atoms with van der Waals surface area (Å²) in [6.45, 7) is 1.57. The molecule has 0 fully saturated rings. The van der Waals surface area contributed by atoms with Gasteiger partial charge in [-0.15, -0.1) is 5.10 Å². The Balaban J connectivity index is 2.30. The molecule has 0 aliphatic rings. The summed E-state index contributed by atoms with van der Waals surface area (Å²) >= 11 is 1.05. The van der Waals surface area contributed by atoms with Gasteiger partial charge in [0.2, 0.25) is 0 Å². The van der Waals surface area contributed by atoms with Crippen molar-refractivity contribution in [1.29, 1.82) is 0 Å². The summed E-state index contributed by atoms with van der Waals surface area (Å²) in [6.07, 6.45) is -0.715. The molecule has 0 saturated carbocycles. The average molecular weight is 269 g/mol. The van der Waals surface area contributed by atoms with Crippen LogP contribution >= 0.6 is 11.8 Å². The van der Waals surface area contributed by atoms with Crippen LogP contribution in [-0.2, 0) is 7.05 Å². The SMILES string of the molecule is CC(O)c1ccc(Sc2n[nH]c(=O)n2C)c(F)c1. The van der Waals surface area contributed by atoms with Crippen LogP contribution in [0.1, 0.15) is 18.6 Å². The van der Waals surface area contributed by atoms with E-state index in [2.05, 4.69) is 10.2 Å². The number of rotatable bonds is 3. The van der Waals surface area contributed by atoms with Crippen LogP contribution in [0.15, 0.2) is 33.0 Å². The van der Waals surface area contributed by atoms with E-state index in [0.29, 0.717) is 15.6 Å². The highest BCUT2D eigenvalue weighted by Gasteiger charge is 2.11. The second-order valence-corrected chi connectivity index (χ2v) is 4.85. The molecule has 2 rings (SSSR count). The Labute approximate surface area is 107 Å². The van der Waals surface area contributed by atoms with Gasteiger partial charge in [0.1, 0.15) is 5.82 Å². The van der Waals surface area contributed by atoms with E-state index in [1.54, 1.807) is 26.1 Å². The number of nitrogens with zero attached hydrogens (tertiary/aromatic N) is 2. The molecular weight excluding hydrogens is 257 g/mol. The first-order valence-electron chi connectivity index (χ1n) is 5.26. The summed E-state index contributed by atoms with van der Waals surface area (Å²) in [6, 6.07) is 4.47. The molecular formula is C11H12FN3O2S. The van der Waals surface area contributed by atoms with Crippen LogP contribution in [0.4, 0.5) is 4.39 Å². The van der Waals surface area contributed by atoms with Crippen LogP contribution in [0.3, 0.4) is 0 Å². The third-order valence-corrected chi connectivity index (χ3v) is 3.58. The third-order valence-electron chi connectivity index (χ3n) is 2.48. The molecule has 1 aromatic heterocycles. The van der Waals surface area contributed by atoms with Crippen molar-refractivity contribution in [2.45, 2.75) is 23.1 Å². The number of benzene rings is 1. The maximum atomic E-state index is 13.8. The number of aliphatic hydroxyl groups is 1. The van der Waals surface area contributed by atoms with Crippen molar-refractivity contribution in [1.82, 2.24) is 14.8 Å². The second kappa shape index (κ2) is 4.95. The van der Waals surface area contributed by atoms with Crippen LogP contribution < -0.4 is 5.69 Å². The smallest absolute Gasteiger partial charge is 0.343 e. The normalized spacial score (nSPS) is 12.7. The van der Waals surface area contributed by atoms with Crippen molar-refractivity contribution in [2.24, 2.45) is 7.05 Å². The molecule has 0 saturated heterocycles. The Morgan fingerprint density at radius 2 is 2.28 bits per heavy atom. The maximum Gasteiger partial charge on any atom is 0.343 e. The van der Waals surface area contributed by atoms with Gasteiger partial charge in [0.15, 0.2) is 5.16 Å². The van der Waals surface area contributed by atoms with E-state index in [1.807, 2.05) is 0 Å². The Morgan fingerprint density at radius 1 is 1.56 bits per heavy atom. The highest BCUT2D eigenvalue weighted by molar-refractivity contribution is 7.99. The molecule has 18 heavy (non-hydrogen) atoms. The molecule has 1 atom stereocenters. The second-order valence-electron chi connectivity index (χ2n) is 3.84. The largest absolute Gasteiger partial charge is 0.389 e. The topological polar surface area (TPSA) is 70.9 Å². The highest BCUT2D eigenvalue weighted by Crippen LogP contribution is 2.28. The minimum Gasteiger partial charge on any atom is -0.389 e. The van der Waals surface area contributed by atoms with Gasteiger partial charge in [-0.3, -0.25) is 4.57 Å². The minimum absolute atomic E-state index is 0.349. The molecule has 0 bridgehead atoms. The first kappa shape index (κ1) is 12.8. The number of aromatic nitrogens is 3. The lowest BCUT2D eigenvalue weighted by Crippen LogP contribution is -2.12. The monoisotopic (exact) mass is 269 g/mol. The molecule has 96 valence electrons. The Morgan fingerprint density at radius 3 is 2.78 bits per heavy atom. The van der Waals surface area contributed by atoms with E-state index >= 15 is 0 Å². The fourth-order valence-electron chi connectivity index (χ4n) is 1.38. The number of aromatic amines is 1.